The summed E-state index contributed by atoms with van der Waals surface area (Å²) in [6.45, 7) is 4.71. The van der Waals surface area contributed by atoms with Crippen LogP contribution in [0.2, 0.25) is 0 Å². The molecule has 1 N–H and O–H groups in total. The standard InChI is InChI=1S/C33H32BrN3O5S2/c1-4-5-6-17-42-25-16-13-23(18-26(25)41-3)28-27(29(38)22-11-14-24(34)15-12-22)30(39)31(40)37(28)32-35-36-33(44-32)43-19-21-9-7-20(2)8-10-21/h7-16,18,28,38H,4-6,17,19H2,1-3H3/b29-27-. The predicted molar refractivity (Wildman–Crippen MR) is 178 cm³/mol. The second-order valence-corrected chi connectivity index (χ2v) is 13.4. The highest BCUT2D eigenvalue weighted by Gasteiger charge is 2.48. The van der Waals surface area contributed by atoms with Crippen LogP contribution in [0.5, 0.6) is 11.5 Å². The molecule has 4 aromatic rings. The van der Waals surface area contributed by atoms with Crippen molar-refractivity contribution in [2.24, 2.45) is 0 Å². The van der Waals surface area contributed by atoms with Gasteiger partial charge in [0.1, 0.15) is 5.76 Å². The molecule has 1 saturated heterocycles. The molecule has 5 rings (SSSR count). The summed E-state index contributed by atoms with van der Waals surface area (Å²) in [5.41, 5.74) is 3.25. The van der Waals surface area contributed by atoms with Crippen LogP contribution in [-0.4, -0.2) is 40.7 Å². The average molecular weight is 695 g/mol. The van der Waals surface area contributed by atoms with Crippen molar-refractivity contribution >= 4 is 61.6 Å². The highest BCUT2D eigenvalue weighted by molar-refractivity contribution is 9.10. The third-order valence-electron chi connectivity index (χ3n) is 7.16. The molecule has 1 aliphatic heterocycles. The molecule has 8 nitrogen and oxygen atoms in total. The van der Waals surface area contributed by atoms with Crippen molar-refractivity contribution in [1.82, 2.24) is 10.2 Å². The van der Waals surface area contributed by atoms with E-state index in [0.717, 1.165) is 29.3 Å². The number of methoxy groups -OCH3 is 1. The molecule has 1 amide bonds. The maximum atomic E-state index is 13.6. The number of ether oxygens (including phenoxy) is 2. The van der Waals surface area contributed by atoms with E-state index in [-0.39, 0.29) is 16.5 Å². The Balaban J connectivity index is 1.53. The minimum atomic E-state index is -0.968. The fraction of sp³-hybridized carbons (Fsp3) is 0.273. The first kappa shape index (κ1) is 31.7. The zero-order chi connectivity index (χ0) is 31.2. The van der Waals surface area contributed by atoms with Crippen molar-refractivity contribution in [3.63, 3.8) is 0 Å². The third kappa shape index (κ3) is 7.00. The molecule has 228 valence electrons. The van der Waals surface area contributed by atoms with Crippen LogP contribution in [0.3, 0.4) is 0 Å². The highest BCUT2D eigenvalue weighted by Crippen LogP contribution is 2.45. The first-order chi connectivity index (χ1) is 21.3. The monoisotopic (exact) mass is 693 g/mol. The molecule has 0 aliphatic carbocycles. The second-order valence-electron chi connectivity index (χ2n) is 10.3. The molecular formula is C33H32BrN3O5S2. The summed E-state index contributed by atoms with van der Waals surface area (Å²) in [6.07, 6.45) is 3.04. The van der Waals surface area contributed by atoms with Gasteiger partial charge < -0.3 is 14.6 Å². The smallest absolute Gasteiger partial charge is 0.301 e. The van der Waals surface area contributed by atoms with Crippen LogP contribution in [0.15, 0.2) is 81.1 Å². The molecule has 0 spiro atoms. The summed E-state index contributed by atoms with van der Waals surface area (Å²) < 4.78 is 13.1. The van der Waals surface area contributed by atoms with Crippen LogP contribution in [0.25, 0.3) is 5.76 Å². The summed E-state index contributed by atoms with van der Waals surface area (Å²) in [6, 6.07) is 19.4. The van der Waals surface area contributed by atoms with Crippen LogP contribution in [0.4, 0.5) is 5.13 Å². The van der Waals surface area contributed by atoms with Gasteiger partial charge in [-0.2, -0.15) is 0 Å². The van der Waals surface area contributed by atoms with Gasteiger partial charge in [0.15, 0.2) is 15.8 Å². The number of nitrogens with zero attached hydrogens (tertiary/aromatic N) is 3. The Kier molecular flexibility index (Phi) is 10.4. The van der Waals surface area contributed by atoms with Gasteiger partial charge in [-0.05, 0) is 48.7 Å². The quantitative estimate of drug-likeness (QED) is 0.0397. The lowest BCUT2D eigenvalue weighted by atomic mass is 9.95. The number of halogens is 1. The molecule has 1 aromatic heterocycles. The molecule has 2 heterocycles. The number of rotatable bonds is 12. The number of aryl methyl sites for hydroxylation is 1. The number of aromatic nitrogens is 2. The molecule has 1 atom stereocenters. The van der Waals surface area contributed by atoms with Crippen LogP contribution in [0.1, 0.15) is 54.5 Å². The molecule has 1 fully saturated rings. The molecule has 44 heavy (non-hydrogen) atoms. The van der Waals surface area contributed by atoms with Crippen LogP contribution in [-0.2, 0) is 15.3 Å². The lowest BCUT2D eigenvalue weighted by Gasteiger charge is -2.23. The number of hydrogen-bond donors (Lipinski definition) is 1. The number of anilines is 1. The first-order valence-corrected chi connectivity index (χ1v) is 16.8. The molecule has 1 aliphatic rings. The van der Waals surface area contributed by atoms with E-state index in [1.807, 2.05) is 6.92 Å². The Morgan fingerprint density at radius 3 is 2.48 bits per heavy atom. The number of thioether (sulfide) groups is 1. The second kappa shape index (κ2) is 14.4. The van der Waals surface area contributed by atoms with E-state index in [9.17, 15) is 14.7 Å². The fourth-order valence-electron chi connectivity index (χ4n) is 4.80. The molecule has 1 unspecified atom stereocenters. The number of carbonyl (C=O) groups is 2. The van der Waals surface area contributed by atoms with E-state index in [0.29, 0.717) is 39.3 Å². The first-order valence-electron chi connectivity index (χ1n) is 14.2. The number of benzene rings is 3. The lowest BCUT2D eigenvalue weighted by molar-refractivity contribution is -0.132. The van der Waals surface area contributed by atoms with Crippen molar-refractivity contribution in [3.05, 3.63) is 99.0 Å². The van der Waals surface area contributed by atoms with Gasteiger partial charge in [-0.15, -0.1) is 10.2 Å². The van der Waals surface area contributed by atoms with Gasteiger partial charge in [0.05, 0.1) is 25.3 Å². The topological polar surface area (TPSA) is 102 Å². The largest absolute Gasteiger partial charge is 0.507 e. The number of unbranched alkanes of at least 4 members (excludes halogenated alkanes) is 2. The van der Waals surface area contributed by atoms with E-state index in [2.05, 4.69) is 57.3 Å². The fourth-order valence-corrected chi connectivity index (χ4v) is 6.89. The Labute approximate surface area is 273 Å². The zero-order valence-electron chi connectivity index (χ0n) is 24.6. The summed E-state index contributed by atoms with van der Waals surface area (Å²) in [7, 11) is 1.54. The van der Waals surface area contributed by atoms with E-state index in [1.165, 1.54) is 33.6 Å². The average Bonchev–Trinajstić information content (AvgIpc) is 3.60. The van der Waals surface area contributed by atoms with E-state index >= 15 is 0 Å². The summed E-state index contributed by atoms with van der Waals surface area (Å²) in [5.74, 6) is -0.182. The maximum absolute atomic E-state index is 13.6. The van der Waals surface area contributed by atoms with Gasteiger partial charge in [0, 0.05) is 15.8 Å². The summed E-state index contributed by atoms with van der Waals surface area (Å²) in [4.78, 5) is 28.6. The number of hydrogen-bond acceptors (Lipinski definition) is 9. The van der Waals surface area contributed by atoms with Gasteiger partial charge >= 0.3 is 5.91 Å². The predicted octanol–water partition coefficient (Wildman–Crippen LogP) is 8.11. The molecule has 11 heteroatoms. The molecule has 3 aromatic carbocycles. The minimum absolute atomic E-state index is 0.0416. The number of Topliss-reactive ketones (excluding diaryl/α,β-unsaturated/α-hetero) is 1. The summed E-state index contributed by atoms with van der Waals surface area (Å²) >= 11 is 6.13. The van der Waals surface area contributed by atoms with Crippen molar-refractivity contribution < 1.29 is 24.2 Å². The van der Waals surface area contributed by atoms with Crippen LogP contribution < -0.4 is 14.4 Å². The zero-order valence-corrected chi connectivity index (χ0v) is 27.8. The normalized spacial score (nSPS) is 16.0. The van der Waals surface area contributed by atoms with Crippen molar-refractivity contribution in [3.8, 4) is 11.5 Å². The Morgan fingerprint density at radius 2 is 1.77 bits per heavy atom. The lowest BCUT2D eigenvalue weighted by Crippen LogP contribution is -2.29. The number of aliphatic hydroxyl groups excluding tert-OH is 1. The number of ketones is 1. The Bertz CT molecular complexity index is 1670. The molecular weight excluding hydrogens is 662 g/mol. The molecule has 0 bridgehead atoms. The van der Waals surface area contributed by atoms with Crippen molar-refractivity contribution in [2.45, 2.75) is 49.2 Å². The van der Waals surface area contributed by atoms with Gasteiger partial charge in [0.25, 0.3) is 5.78 Å². The van der Waals surface area contributed by atoms with Crippen molar-refractivity contribution in [2.75, 3.05) is 18.6 Å². The molecule has 0 radical (unpaired) electrons. The number of aliphatic hydroxyl groups is 1. The Morgan fingerprint density at radius 1 is 1.02 bits per heavy atom. The molecule has 0 saturated carbocycles. The van der Waals surface area contributed by atoms with Gasteiger partial charge in [-0.25, -0.2) is 0 Å². The van der Waals surface area contributed by atoms with Gasteiger partial charge in [-0.1, -0.05) is 107 Å². The van der Waals surface area contributed by atoms with E-state index in [1.54, 1.807) is 49.6 Å². The van der Waals surface area contributed by atoms with Crippen LogP contribution in [0, 0.1) is 6.92 Å². The van der Waals surface area contributed by atoms with Crippen LogP contribution >= 0.6 is 39.0 Å². The minimum Gasteiger partial charge on any atom is -0.507 e. The Hall–Kier alpha value is -3.67. The number of amides is 1. The van der Waals surface area contributed by atoms with Gasteiger partial charge in [0.2, 0.25) is 5.13 Å². The SMILES string of the molecule is CCCCCOc1ccc(C2/C(=C(/O)c3ccc(Br)cc3)C(=O)C(=O)N2c2nnc(SCc3ccc(C)cc3)s2)cc1OC. The van der Waals surface area contributed by atoms with Crippen molar-refractivity contribution in [1.29, 1.82) is 0 Å². The highest BCUT2D eigenvalue weighted by atomic mass is 79.9. The third-order valence-corrected chi connectivity index (χ3v) is 9.81. The summed E-state index contributed by atoms with van der Waals surface area (Å²) in [5, 5.41) is 20.3. The number of carbonyl (C=O) groups excluding carboxylic acids is 2. The van der Waals surface area contributed by atoms with E-state index in [4.69, 9.17) is 9.47 Å². The van der Waals surface area contributed by atoms with Gasteiger partial charge in [-0.3, -0.25) is 14.5 Å². The van der Waals surface area contributed by atoms with E-state index < -0.39 is 17.7 Å². The maximum Gasteiger partial charge on any atom is 0.301 e.